The van der Waals surface area contributed by atoms with Gasteiger partial charge >= 0.3 is 0 Å². The van der Waals surface area contributed by atoms with Crippen LogP contribution in [0.1, 0.15) is 10.4 Å². The van der Waals surface area contributed by atoms with Crippen LogP contribution in [0.3, 0.4) is 0 Å². The second-order valence-electron chi connectivity index (χ2n) is 3.79. The lowest BCUT2D eigenvalue weighted by atomic mass is 10.2. The molecule has 2 nitrogen and oxygen atoms in total. The predicted molar refractivity (Wildman–Crippen MR) is 74.4 cm³/mol. The van der Waals surface area contributed by atoms with Crippen LogP contribution in [0.15, 0.2) is 28.7 Å². The summed E-state index contributed by atoms with van der Waals surface area (Å²) in [6.45, 7) is 1.01. The molecule has 0 aliphatic heterocycles. The van der Waals surface area contributed by atoms with E-state index in [-0.39, 0.29) is 5.78 Å². The minimum atomic E-state index is 0.205. The van der Waals surface area contributed by atoms with Crippen molar-refractivity contribution in [2.75, 3.05) is 32.1 Å². The molecule has 0 saturated heterocycles. The number of nitrogens with zero attached hydrogens (tertiary/aromatic N) is 1. The molecule has 0 unspecified atom stereocenters. The van der Waals surface area contributed by atoms with Gasteiger partial charge < -0.3 is 4.90 Å². The number of hydrogen-bond acceptors (Lipinski definition) is 3. The van der Waals surface area contributed by atoms with E-state index in [1.54, 1.807) is 11.8 Å². The largest absolute Gasteiger partial charge is 0.309 e. The minimum Gasteiger partial charge on any atom is -0.309 e. The molecule has 1 rings (SSSR count). The van der Waals surface area contributed by atoms with Gasteiger partial charge in [-0.2, -0.15) is 11.8 Å². The first-order valence-electron chi connectivity index (χ1n) is 5.11. The van der Waals surface area contributed by atoms with Gasteiger partial charge in [-0.3, -0.25) is 4.79 Å². The fraction of sp³-hybridized carbons (Fsp3) is 0.417. The lowest BCUT2D eigenvalue weighted by molar-refractivity contribution is 0.102. The molecular weight excluding hydrogens is 286 g/mol. The molecule has 1 aromatic carbocycles. The maximum Gasteiger partial charge on any atom is 0.172 e. The summed E-state index contributed by atoms with van der Waals surface area (Å²) in [5.41, 5.74) is 0.792. The Morgan fingerprint density at radius 2 is 1.94 bits per heavy atom. The Morgan fingerprint density at radius 3 is 2.50 bits per heavy atom. The second kappa shape index (κ2) is 7.09. The fourth-order valence-electron chi connectivity index (χ4n) is 1.13. The molecule has 0 spiro atoms. The first kappa shape index (κ1) is 13.7. The van der Waals surface area contributed by atoms with Crippen molar-refractivity contribution < 1.29 is 4.79 Å². The highest BCUT2D eigenvalue weighted by Crippen LogP contribution is 2.12. The molecule has 16 heavy (non-hydrogen) atoms. The Bertz CT molecular complexity index is 337. The summed E-state index contributed by atoms with van der Waals surface area (Å²) in [4.78, 5) is 13.9. The Kier molecular flexibility index (Phi) is 6.09. The van der Waals surface area contributed by atoms with Gasteiger partial charge in [0.1, 0.15) is 0 Å². The summed E-state index contributed by atoms with van der Waals surface area (Å²) in [6.07, 6.45) is 0. The Morgan fingerprint density at radius 1 is 1.31 bits per heavy atom. The third-order valence-corrected chi connectivity index (χ3v) is 3.55. The molecule has 0 saturated carbocycles. The highest BCUT2D eigenvalue weighted by atomic mass is 79.9. The van der Waals surface area contributed by atoms with Gasteiger partial charge in [-0.25, -0.2) is 0 Å². The van der Waals surface area contributed by atoms with Crippen molar-refractivity contribution >= 4 is 33.5 Å². The molecule has 0 radical (unpaired) electrons. The van der Waals surface area contributed by atoms with Crippen LogP contribution in [0.2, 0.25) is 0 Å². The van der Waals surface area contributed by atoms with Crippen molar-refractivity contribution in [3.05, 3.63) is 34.3 Å². The van der Waals surface area contributed by atoms with E-state index in [1.807, 2.05) is 38.4 Å². The Hall–Kier alpha value is -0.320. The van der Waals surface area contributed by atoms with E-state index in [4.69, 9.17) is 0 Å². The van der Waals surface area contributed by atoms with Crippen LogP contribution in [0, 0.1) is 0 Å². The molecule has 0 N–H and O–H groups in total. The number of hydrogen-bond donors (Lipinski definition) is 0. The quantitative estimate of drug-likeness (QED) is 0.595. The van der Waals surface area contributed by atoms with Crippen LogP contribution >= 0.6 is 27.7 Å². The molecule has 0 bridgehead atoms. The summed E-state index contributed by atoms with van der Waals surface area (Å²) in [6, 6.07) is 7.52. The van der Waals surface area contributed by atoms with Crippen LogP contribution in [0.5, 0.6) is 0 Å². The maximum atomic E-state index is 11.8. The number of benzene rings is 1. The summed E-state index contributed by atoms with van der Waals surface area (Å²) < 4.78 is 1.00. The lowest BCUT2D eigenvalue weighted by Crippen LogP contribution is -2.15. The zero-order valence-electron chi connectivity index (χ0n) is 9.57. The zero-order chi connectivity index (χ0) is 12.0. The van der Waals surface area contributed by atoms with E-state index in [9.17, 15) is 4.79 Å². The lowest BCUT2D eigenvalue weighted by Gasteiger charge is -2.08. The van der Waals surface area contributed by atoms with E-state index >= 15 is 0 Å². The van der Waals surface area contributed by atoms with Crippen molar-refractivity contribution in [2.24, 2.45) is 0 Å². The maximum absolute atomic E-state index is 11.8. The molecule has 0 heterocycles. The normalized spacial score (nSPS) is 10.8. The van der Waals surface area contributed by atoms with Crippen LogP contribution in [0.25, 0.3) is 0 Å². The monoisotopic (exact) mass is 301 g/mol. The van der Waals surface area contributed by atoms with Crippen LogP contribution in [0.4, 0.5) is 0 Å². The van der Waals surface area contributed by atoms with Crippen LogP contribution in [-0.2, 0) is 0 Å². The molecule has 0 aliphatic rings. The first-order valence-corrected chi connectivity index (χ1v) is 7.05. The number of thioether (sulfide) groups is 1. The van der Waals surface area contributed by atoms with Gasteiger partial charge in [-0.15, -0.1) is 0 Å². The smallest absolute Gasteiger partial charge is 0.172 e. The van der Waals surface area contributed by atoms with Crippen LogP contribution in [-0.4, -0.2) is 42.8 Å². The van der Waals surface area contributed by atoms with E-state index in [2.05, 4.69) is 20.8 Å². The molecule has 4 heteroatoms. The second-order valence-corrected chi connectivity index (χ2v) is 5.81. The van der Waals surface area contributed by atoms with Gasteiger partial charge in [0.15, 0.2) is 5.78 Å². The van der Waals surface area contributed by atoms with Gasteiger partial charge in [0, 0.05) is 22.3 Å². The molecular formula is C12H16BrNOS. The van der Waals surface area contributed by atoms with Crippen molar-refractivity contribution in [3.8, 4) is 0 Å². The highest BCUT2D eigenvalue weighted by molar-refractivity contribution is 9.10. The van der Waals surface area contributed by atoms with Gasteiger partial charge in [0.05, 0.1) is 5.75 Å². The molecule has 0 atom stereocenters. The van der Waals surface area contributed by atoms with Crippen molar-refractivity contribution in [1.29, 1.82) is 0 Å². The van der Waals surface area contributed by atoms with E-state index in [0.29, 0.717) is 5.75 Å². The Labute approximate surface area is 110 Å². The number of carbonyl (C=O) groups excluding carboxylic acids is 1. The van der Waals surface area contributed by atoms with Gasteiger partial charge in [-0.1, -0.05) is 28.1 Å². The molecule has 0 fully saturated rings. The summed E-state index contributed by atoms with van der Waals surface area (Å²) in [7, 11) is 4.08. The molecule has 0 amide bonds. The zero-order valence-corrected chi connectivity index (χ0v) is 12.0. The van der Waals surface area contributed by atoms with E-state index in [0.717, 1.165) is 22.3 Å². The van der Waals surface area contributed by atoms with E-state index in [1.165, 1.54) is 0 Å². The minimum absolute atomic E-state index is 0.205. The number of halogens is 1. The SMILES string of the molecule is CN(C)CCSCC(=O)c1ccc(Br)cc1. The molecule has 0 aromatic heterocycles. The number of carbonyl (C=O) groups is 1. The third-order valence-electron chi connectivity index (χ3n) is 2.08. The van der Waals surface area contributed by atoms with Crippen molar-refractivity contribution in [2.45, 2.75) is 0 Å². The Balaban J connectivity index is 2.32. The summed E-state index contributed by atoms with van der Waals surface area (Å²) >= 11 is 5.04. The predicted octanol–water partition coefficient (Wildman–Crippen LogP) is 2.93. The fourth-order valence-corrected chi connectivity index (χ4v) is 2.39. The number of ketones is 1. The van der Waals surface area contributed by atoms with Crippen molar-refractivity contribution in [3.63, 3.8) is 0 Å². The standard InChI is InChI=1S/C12H16BrNOS/c1-14(2)7-8-16-9-12(15)10-3-5-11(13)6-4-10/h3-6H,7-9H2,1-2H3. The molecule has 0 aliphatic carbocycles. The summed E-state index contributed by atoms with van der Waals surface area (Å²) in [5.74, 6) is 1.77. The highest BCUT2D eigenvalue weighted by Gasteiger charge is 2.05. The first-order chi connectivity index (χ1) is 7.59. The average molecular weight is 302 g/mol. The topological polar surface area (TPSA) is 20.3 Å². The number of Topliss-reactive ketones (excluding diaryl/α,β-unsaturated/α-hetero) is 1. The van der Waals surface area contributed by atoms with Gasteiger partial charge in [0.25, 0.3) is 0 Å². The van der Waals surface area contributed by atoms with Gasteiger partial charge in [-0.05, 0) is 26.2 Å². The molecule has 1 aromatic rings. The van der Waals surface area contributed by atoms with Crippen molar-refractivity contribution in [1.82, 2.24) is 4.90 Å². The van der Waals surface area contributed by atoms with Gasteiger partial charge in [0.2, 0.25) is 0 Å². The summed E-state index contributed by atoms with van der Waals surface area (Å²) in [5, 5.41) is 0. The average Bonchev–Trinajstić information content (AvgIpc) is 2.25. The van der Waals surface area contributed by atoms with E-state index < -0.39 is 0 Å². The van der Waals surface area contributed by atoms with Crippen LogP contribution < -0.4 is 0 Å². The number of rotatable bonds is 6. The molecule has 88 valence electrons. The third kappa shape index (κ3) is 5.14.